The molecule has 0 saturated heterocycles. The Hall–Kier alpha value is -0.917. The molecule has 0 N–H and O–H groups in total. The van der Waals surface area contributed by atoms with Gasteiger partial charge in [-0.05, 0) is 18.1 Å². The normalized spacial score (nSPS) is 9.21. The van der Waals surface area contributed by atoms with E-state index in [0.717, 1.165) is 17.7 Å². The summed E-state index contributed by atoms with van der Waals surface area (Å²) in [5.41, 5.74) is 2.29. The molecule has 0 unspecified atom stereocenters. The molecule has 0 aliphatic carbocycles. The van der Waals surface area contributed by atoms with Crippen molar-refractivity contribution < 1.29 is 21.1 Å². The van der Waals surface area contributed by atoms with Crippen molar-refractivity contribution in [3.63, 3.8) is 0 Å². The zero-order valence-corrected chi connectivity index (χ0v) is 15.4. The predicted molar refractivity (Wildman–Crippen MR) is 78.9 cm³/mol. The van der Waals surface area contributed by atoms with E-state index in [4.69, 9.17) is 4.74 Å². The summed E-state index contributed by atoms with van der Waals surface area (Å²) in [6.45, 7) is 4.33. The van der Waals surface area contributed by atoms with Gasteiger partial charge in [0.25, 0.3) is 0 Å². The number of hydrogen-bond donors (Lipinski definition) is 0. The molecule has 0 heterocycles. The van der Waals surface area contributed by atoms with E-state index in [0.29, 0.717) is 6.61 Å². The molecule has 0 atom stereocenters. The SMILES string of the molecule is C=CCc1ccccc1OCc1c[c-]ccc1.[Zn+][Br]. The molecule has 0 aliphatic heterocycles. The zero-order valence-electron chi connectivity index (χ0n) is 10.8. The molecule has 2 aromatic rings. The molecular weight excluding hydrogens is 353 g/mol. The number of benzene rings is 2. The van der Waals surface area contributed by atoms with Crippen molar-refractivity contribution in [2.75, 3.05) is 0 Å². The van der Waals surface area contributed by atoms with Crippen molar-refractivity contribution in [1.82, 2.24) is 0 Å². The number of hydrogen-bond acceptors (Lipinski definition) is 1. The zero-order chi connectivity index (χ0) is 13.9. The number of rotatable bonds is 5. The third kappa shape index (κ3) is 5.71. The first-order chi connectivity index (χ1) is 9.40. The van der Waals surface area contributed by atoms with Gasteiger partial charge < -0.3 is 4.74 Å². The Kier molecular flexibility index (Phi) is 8.44. The Labute approximate surface area is 131 Å². The summed E-state index contributed by atoms with van der Waals surface area (Å²) in [4.78, 5) is 0. The van der Waals surface area contributed by atoms with Crippen LogP contribution in [0.15, 0.2) is 61.2 Å². The van der Waals surface area contributed by atoms with Crippen LogP contribution in [0.1, 0.15) is 11.1 Å². The van der Waals surface area contributed by atoms with Gasteiger partial charge in [0.05, 0.1) is 6.61 Å². The molecule has 0 spiro atoms. The second kappa shape index (κ2) is 9.94. The molecule has 0 aliphatic rings. The van der Waals surface area contributed by atoms with Gasteiger partial charge in [0.15, 0.2) is 0 Å². The van der Waals surface area contributed by atoms with Crippen LogP contribution in [0.2, 0.25) is 0 Å². The van der Waals surface area contributed by atoms with Crippen LogP contribution >= 0.6 is 13.6 Å². The Morgan fingerprint density at radius 3 is 2.68 bits per heavy atom. The van der Waals surface area contributed by atoms with Gasteiger partial charge in [-0.15, -0.1) is 12.1 Å². The number of allylic oxidation sites excluding steroid dienone is 1. The van der Waals surface area contributed by atoms with Crippen molar-refractivity contribution in [2.45, 2.75) is 13.0 Å². The summed E-state index contributed by atoms with van der Waals surface area (Å²) >= 11 is 4.25. The van der Waals surface area contributed by atoms with Crippen LogP contribution in [0.5, 0.6) is 5.75 Å². The van der Waals surface area contributed by atoms with Gasteiger partial charge >= 0.3 is 30.0 Å². The third-order valence-corrected chi connectivity index (χ3v) is 2.50. The van der Waals surface area contributed by atoms with E-state index < -0.39 is 0 Å². The monoisotopic (exact) mass is 366 g/mol. The van der Waals surface area contributed by atoms with Crippen LogP contribution in [0.3, 0.4) is 0 Å². The molecule has 94 valence electrons. The fourth-order valence-electron chi connectivity index (χ4n) is 1.65. The topological polar surface area (TPSA) is 9.23 Å². The quantitative estimate of drug-likeness (QED) is 0.424. The van der Waals surface area contributed by atoms with E-state index in [-0.39, 0.29) is 0 Å². The summed E-state index contributed by atoms with van der Waals surface area (Å²) in [5.74, 6) is 0.927. The van der Waals surface area contributed by atoms with E-state index in [1.165, 1.54) is 21.9 Å². The molecule has 0 radical (unpaired) electrons. The Morgan fingerprint density at radius 2 is 2.00 bits per heavy atom. The van der Waals surface area contributed by atoms with Crippen LogP contribution in [0.25, 0.3) is 0 Å². The molecular formula is C16H15BrOZn. The summed E-state index contributed by atoms with van der Waals surface area (Å²) in [7, 11) is 0. The van der Waals surface area contributed by atoms with E-state index in [2.05, 4.69) is 32.3 Å². The predicted octanol–water partition coefficient (Wildman–Crippen LogP) is 4.64. The minimum absolute atomic E-state index is 0.575. The summed E-state index contributed by atoms with van der Waals surface area (Å²) < 4.78 is 5.81. The van der Waals surface area contributed by atoms with Crippen LogP contribution < -0.4 is 4.74 Å². The molecule has 19 heavy (non-hydrogen) atoms. The van der Waals surface area contributed by atoms with Gasteiger partial charge in [0.1, 0.15) is 5.75 Å². The summed E-state index contributed by atoms with van der Waals surface area (Å²) in [6, 6.07) is 18.9. The average molecular weight is 369 g/mol. The number of para-hydroxylation sites is 1. The van der Waals surface area contributed by atoms with Gasteiger partial charge in [0, 0.05) is 0 Å². The average Bonchev–Trinajstić information content (AvgIpc) is 2.50. The second-order valence-corrected chi connectivity index (χ2v) is 3.80. The Balaban J connectivity index is 0.000000861. The Bertz CT molecular complexity index is 485. The molecule has 3 heteroatoms. The van der Waals surface area contributed by atoms with Gasteiger partial charge in [-0.2, -0.15) is 30.3 Å². The summed E-state index contributed by atoms with van der Waals surface area (Å²) in [5, 5.41) is 0. The van der Waals surface area contributed by atoms with Crippen molar-refractivity contribution >= 4 is 13.6 Å². The molecule has 0 bridgehead atoms. The van der Waals surface area contributed by atoms with Crippen LogP contribution in [-0.4, -0.2) is 0 Å². The first-order valence-corrected chi connectivity index (χ1v) is 12.9. The maximum atomic E-state index is 5.81. The Morgan fingerprint density at radius 1 is 1.21 bits per heavy atom. The molecule has 2 aromatic carbocycles. The molecule has 0 amide bonds. The van der Waals surface area contributed by atoms with E-state index >= 15 is 0 Å². The van der Waals surface area contributed by atoms with Gasteiger partial charge in [-0.25, -0.2) is 0 Å². The van der Waals surface area contributed by atoms with Gasteiger partial charge in [-0.1, -0.05) is 24.3 Å². The fraction of sp³-hybridized carbons (Fsp3) is 0.125. The standard InChI is InChI=1S/C16H15O.BrH.Zn/c1-2-8-15-11-6-7-12-16(15)17-13-14-9-4-3-5-10-14;;/h2-4,6-7,9-12H,1,8,13H2;1H;/q-1;;+2/p-1. The fourth-order valence-corrected chi connectivity index (χ4v) is 1.65. The van der Waals surface area contributed by atoms with Crippen molar-refractivity contribution in [3.05, 3.63) is 78.4 Å². The molecule has 0 fully saturated rings. The van der Waals surface area contributed by atoms with E-state index in [1.54, 1.807) is 0 Å². The molecule has 0 saturated carbocycles. The van der Waals surface area contributed by atoms with Gasteiger partial charge in [0.2, 0.25) is 0 Å². The van der Waals surface area contributed by atoms with E-state index in [9.17, 15) is 0 Å². The third-order valence-electron chi connectivity index (χ3n) is 2.50. The summed E-state index contributed by atoms with van der Waals surface area (Å²) in [6.07, 6.45) is 2.72. The number of ether oxygens (including phenoxy) is 1. The molecule has 0 aromatic heterocycles. The second-order valence-electron chi connectivity index (χ2n) is 3.80. The maximum absolute atomic E-state index is 5.81. The van der Waals surface area contributed by atoms with Crippen molar-refractivity contribution in [3.8, 4) is 5.75 Å². The van der Waals surface area contributed by atoms with Crippen LogP contribution in [0.4, 0.5) is 0 Å². The number of halogens is 1. The van der Waals surface area contributed by atoms with Crippen LogP contribution in [0, 0.1) is 6.07 Å². The first-order valence-electron chi connectivity index (χ1n) is 5.93. The molecule has 2 rings (SSSR count). The van der Waals surface area contributed by atoms with Gasteiger partial charge in [-0.3, -0.25) is 0 Å². The van der Waals surface area contributed by atoms with Crippen LogP contribution in [-0.2, 0) is 29.4 Å². The van der Waals surface area contributed by atoms with Crippen molar-refractivity contribution in [1.29, 1.82) is 0 Å². The van der Waals surface area contributed by atoms with E-state index in [1.807, 2.05) is 48.5 Å². The van der Waals surface area contributed by atoms with Crippen molar-refractivity contribution in [2.24, 2.45) is 0 Å². The minimum atomic E-state index is 0.575. The first kappa shape index (κ1) is 16.1. The molecule has 1 nitrogen and oxygen atoms in total.